The van der Waals surface area contributed by atoms with Crippen molar-refractivity contribution >= 4 is 24.0 Å². The fourth-order valence-corrected chi connectivity index (χ4v) is 1.73. The van der Waals surface area contributed by atoms with Crippen LogP contribution in [0.1, 0.15) is 26.7 Å². The molecule has 0 bridgehead atoms. The fourth-order valence-electron chi connectivity index (χ4n) is 1.73. The van der Waals surface area contributed by atoms with Gasteiger partial charge in [-0.05, 0) is 25.0 Å². The average Bonchev–Trinajstić information content (AvgIpc) is 2.52. The van der Waals surface area contributed by atoms with Gasteiger partial charge in [-0.15, -0.1) is 12.4 Å². The van der Waals surface area contributed by atoms with E-state index in [2.05, 4.69) is 5.32 Å². The Morgan fingerprint density at radius 2 is 1.78 bits per heavy atom. The Balaban J connectivity index is 0.00000484. The van der Waals surface area contributed by atoms with Crippen molar-refractivity contribution in [2.24, 2.45) is 5.73 Å². The second kappa shape index (κ2) is 12.0. The van der Waals surface area contributed by atoms with Crippen LogP contribution in [0, 0.1) is 0 Å². The quantitative estimate of drug-likeness (QED) is 0.680. The van der Waals surface area contributed by atoms with E-state index in [1.807, 2.05) is 13.8 Å². The maximum Gasteiger partial charge on any atom is 0.243 e. The highest BCUT2D eigenvalue weighted by atomic mass is 35.5. The Labute approximate surface area is 144 Å². The van der Waals surface area contributed by atoms with Crippen molar-refractivity contribution in [3.8, 4) is 11.5 Å². The topological polar surface area (TPSA) is 82.8 Å². The summed E-state index contributed by atoms with van der Waals surface area (Å²) in [6.07, 6.45) is 1.81. The Bertz CT molecular complexity index is 471. The summed E-state index contributed by atoms with van der Waals surface area (Å²) in [5, 5.41) is 2.75. The summed E-state index contributed by atoms with van der Waals surface area (Å²) in [5.74, 6) is 0.994. The first kappa shape index (κ1) is 21.5. The van der Waals surface area contributed by atoms with E-state index in [4.69, 9.17) is 19.9 Å². The van der Waals surface area contributed by atoms with Crippen LogP contribution in [-0.4, -0.2) is 38.9 Å². The number of rotatable bonds is 10. The summed E-state index contributed by atoms with van der Waals surface area (Å²) in [5.41, 5.74) is 6.31. The first-order valence-electron chi connectivity index (χ1n) is 7.57. The molecule has 1 unspecified atom stereocenters. The number of benzene rings is 1. The number of carbonyl (C=O) groups excluding carboxylic acids is 1. The predicted octanol–water partition coefficient (Wildman–Crippen LogP) is 2.60. The molecule has 3 N–H and O–H groups in total. The minimum absolute atomic E-state index is 0. The normalized spacial score (nSPS) is 11.3. The minimum Gasteiger partial charge on any atom is -0.490 e. The minimum atomic E-state index is -0.707. The van der Waals surface area contributed by atoms with E-state index >= 15 is 0 Å². The number of amides is 1. The maximum absolute atomic E-state index is 11.9. The molecule has 0 aliphatic carbocycles. The number of ether oxygens (including phenoxy) is 3. The first-order valence-corrected chi connectivity index (χ1v) is 7.57. The molecule has 0 heterocycles. The lowest BCUT2D eigenvalue weighted by Crippen LogP contribution is -2.39. The largest absolute Gasteiger partial charge is 0.490 e. The van der Waals surface area contributed by atoms with E-state index in [1.165, 1.54) is 7.11 Å². The standard InChI is InChI=1S/C16H26N2O4.ClH/c1-4-8-21-14-7-6-12(10-15(14)22-9-5-2)18-16(19)13(17)11-20-3;/h6-7,10,13H,4-5,8-9,11,17H2,1-3H3,(H,18,19);1H. The van der Waals surface area contributed by atoms with Gasteiger partial charge in [-0.2, -0.15) is 0 Å². The van der Waals surface area contributed by atoms with E-state index in [0.29, 0.717) is 30.4 Å². The zero-order chi connectivity index (χ0) is 16.4. The van der Waals surface area contributed by atoms with Gasteiger partial charge in [0.05, 0.1) is 19.8 Å². The van der Waals surface area contributed by atoms with Crippen LogP contribution in [0.3, 0.4) is 0 Å². The second-order valence-corrected chi connectivity index (χ2v) is 4.91. The molecule has 1 aromatic rings. The SMILES string of the molecule is CCCOc1ccc(NC(=O)C(N)COC)cc1OCCC.Cl. The van der Waals surface area contributed by atoms with Gasteiger partial charge in [0.25, 0.3) is 0 Å². The van der Waals surface area contributed by atoms with Gasteiger partial charge in [-0.1, -0.05) is 13.8 Å². The van der Waals surface area contributed by atoms with Crippen molar-refractivity contribution in [1.29, 1.82) is 0 Å². The van der Waals surface area contributed by atoms with Crippen molar-refractivity contribution in [1.82, 2.24) is 0 Å². The maximum atomic E-state index is 11.9. The summed E-state index contributed by atoms with van der Waals surface area (Å²) in [4.78, 5) is 11.9. The molecule has 7 heteroatoms. The number of anilines is 1. The van der Waals surface area contributed by atoms with Crippen molar-refractivity contribution in [3.63, 3.8) is 0 Å². The lowest BCUT2D eigenvalue weighted by atomic mass is 10.2. The molecule has 1 aromatic carbocycles. The van der Waals surface area contributed by atoms with E-state index in [9.17, 15) is 4.79 Å². The van der Waals surface area contributed by atoms with Gasteiger partial charge in [-0.3, -0.25) is 4.79 Å². The molecule has 23 heavy (non-hydrogen) atoms. The summed E-state index contributed by atoms with van der Waals surface area (Å²) in [6.45, 7) is 5.44. The zero-order valence-corrected chi connectivity index (χ0v) is 14.8. The Morgan fingerprint density at radius 1 is 1.17 bits per heavy atom. The number of hydrogen-bond donors (Lipinski definition) is 2. The molecule has 132 valence electrons. The molecule has 0 spiro atoms. The summed E-state index contributed by atoms with van der Waals surface area (Å²) < 4.78 is 16.2. The van der Waals surface area contributed by atoms with E-state index < -0.39 is 6.04 Å². The van der Waals surface area contributed by atoms with Crippen LogP contribution in [0.5, 0.6) is 11.5 Å². The lowest BCUT2D eigenvalue weighted by molar-refractivity contribution is -0.118. The van der Waals surface area contributed by atoms with Crippen LogP contribution in [0.15, 0.2) is 18.2 Å². The highest BCUT2D eigenvalue weighted by molar-refractivity contribution is 5.95. The Morgan fingerprint density at radius 3 is 2.35 bits per heavy atom. The number of nitrogens with two attached hydrogens (primary N) is 1. The molecule has 0 fully saturated rings. The first-order chi connectivity index (χ1) is 10.6. The molecule has 1 rings (SSSR count). The third-order valence-electron chi connectivity index (χ3n) is 2.82. The average molecular weight is 347 g/mol. The van der Waals surface area contributed by atoms with Crippen molar-refractivity contribution in [2.75, 3.05) is 32.2 Å². The van der Waals surface area contributed by atoms with Crippen LogP contribution in [0.2, 0.25) is 0 Å². The van der Waals surface area contributed by atoms with Gasteiger partial charge >= 0.3 is 0 Å². The fraction of sp³-hybridized carbons (Fsp3) is 0.562. The molecule has 0 aliphatic rings. The van der Waals surface area contributed by atoms with Gasteiger partial charge in [-0.25, -0.2) is 0 Å². The molecule has 0 saturated heterocycles. The summed E-state index contributed by atoms with van der Waals surface area (Å²) in [6, 6.07) is 4.60. The molecular formula is C16H27ClN2O4. The third-order valence-corrected chi connectivity index (χ3v) is 2.82. The smallest absolute Gasteiger partial charge is 0.243 e. The van der Waals surface area contributed by atoms with Crippen LogP contribution >= 0.6 is 12.4 Å². The van der Waals surface area contributed by atoms with Crippen molar-refractivity contribution in [2.45, 2.75) is 32.7 Å². The third kappa shape index (κ3) is 7.54. The van der Waals surface area contributed by atoms with Gasteiger partial charge in [0.15, 0.2) is 11.5 Å². The van der Waals surface area contributed by atoms with Gasteiger partial charge < -0.3 is 25.3 Å². The van der Waals surface area contributed by atoms with E-state index in [1.54, 1.807) is 18.2 Å². The Kier molecular flexibility index (Phi) is 11.2. The second-order valence-electron chi connectivity index (χ2n) is 4.91. The molecule has 1 amide bonds. The van der Waals surface area contributed by atoms with Gasteiger partial charge in [0.2, 0.25) is 5.91 Å². The van der Waals surface area contributed by atoms with Crippen molar-refractivity contribution < 1.29 is 19.0 Å². The van der Waals surface area contributed by atoms with E-state index in [0.717, 1.165) is 12.8 Å². The molecule has 0 aromatic heterocycles. The van der Waals surface area contributed by atoms with Crippen molar-refractivity contribution in [3.05, 3.63) is 18.2 Å². The van der Waals surface area contributed by atoms with Gasteiger partial charge in [0.1, 0.15) is 6.04 Å². The summed E-state index contributed by atoms with van der Waals surface area (Å²) in [7, 11) is 1.50. The number of hydrogen-bond acceptors (Lipinski definition) is 5. The molecule has 6 nitrogen and oxygen atoms in total. The van der Waals surface area contributed by atoms with Crippen LogP contribution in [0.4, 0.5) is 5.69 Å². The number of methoxy groups -OCH3 is 1. The zero-order valence-electron chi connectivity index (χ0n) is 14.0. The molecule has 1 atom stereocenters. The lowest BCUT2D eigenvalue weighted by Gasteiger charge is -2.15. The Hall–Kier alpha value is -1.50. The predicted molar refractivity (Wildman–Crippen MR) is 93.7 cm³/mol. The summed E-state index contributed by atoms with van der Waals surface area (Å²) >= 11 is 0. The highest BCUT2D eigenvalue weighted by Crippen LogP contribution is 2.31. The van der Waals surface area contributed by atoms with Crippen LogP contribution in [-0.2, 0) is 9.53 Å². The number of halogens is 1. The number of nitrogens with one attached hydrogen (secondary N) is 1. The number of carbonyl (C=O) groups is 1. The van der Waals surface area contributed by atoms with E-state index in [-0.39, 0.29) is 24.9 Å². The molecule has 0 radical (unpaired) electrons. The molecule has 0 aliphatic heterocycles. The molecule has 0 saturated carbocycles. The highest BCUT2D eigenvalue weighted by Gasteiger charge is 2.14. The van der Waals surface area contributed by atoms with Gasteiger partial charge in [0, 0.05) is 18.9 Å². The monoisotopic (exact) mass is 346 g/mol. The van der Waals surface area contributed by atoms with Crippen LogP contribution in [0.25, 0.3) is 0 Å². The molecular weight excluding hydrogens is 320 g/mol. The van der Waals surface area contributed by atoms with Crippen LogP contribution < -0.4 is 20.5 Å².